The van der Waals surface area contributed by atoms with Gasteiger partial charge in [-0.2, -0.15) is 0 Å². The Balaban J connectivity index is 2.04. The molecule has 2 aromatic rings. The van der Waals surface area contributed by atoms with Crippen molar-refractivity contribution in [2.75, 3.05) is 0 Å². The van der Waals surface area contributed by atoms with Crippen molar-refractivity contribution in [3.8, 4) is 5.75 Å². The number of hydrogen-bond donors (Lipinski definition) is 1. The number of carboxylic acids is 1. The van der Waals surface area contributed by atoms with E-state index < -0.39 is 17.6 Å². The predicted octanol–water partition coefficient (Wildman–Crippen LogP) is 2.23. The van der Waals surface area contributed by atoms with Gasteiger partial charge in [-0.1, -0.05) is 5.16 Å². The van der Waals surface area contributed by atoms with Crippen molar-refractivity contribution in [2.24, 2.45) is 0 Å². The van der Waals surface area contributed by atoms with Crippen molar-refractivity contribution in [3.05, 3.63) is 47.4 Å². The van der Waals surface area contributed by atoms with Gasteiger partial charge in [-0.25, -0.2) is 13.6 Å². The molecule has 94 valence electrons. The van der Waals surface area contributed by atoms with E-state index in [9.17, 15) is 13.6 Å². The van der Waals surface area contributed by atoms with E-state index in [1.54, 1.807) is 0 Å². The molecule has 0 amide bonds. The van der Waals surface area contributed by atoms with Gasteiger partial charge in [0, 0.05) is 12.1 Å². The number of rotatable bonds is 4. The highest BCUT2D eigenvalue weighted by Crippen LogP contribution is 2.19. The normalized spacial score (nSPS) is 10.3. The van der Waals surface area contributed by atoms with Gasteiger partial charge in [0.1, 0.15) is 12.4 Å². The molecule has 0 aliphatic carbocycles. The van der Waals surface area contributed by atoms with Crippen LogP contribution in [0.5, 0.6) is 5.75 Å². The van der Waals surface area contributed by atoms with Crippen LogP contribution in [0.15, 0.2) is 28.8 Å². The second kappa shape index (κ2) is 4.82. The highest BCUT2D eigenvalue weighted by Gasteiger charge is 2.12. The fraction of sp³-hybridized carbons (Fsp3) is 0.0909. The van der Waals surface area contributed by atoms with Crippen molar-refractivity contribution in [3.63, 3.8) is 0 Å². The van der Waals surface area contributed by atoms with Crippen LogP contribution in [0.4, 0.5) is 8.78 Å². The van der Waals surface area contributed by atoms with Crippen LogP contribution in [0, 0.1) is 11.6 Å². The largest absolute Gasteiger partial charge is 0.482 e. The lowest BCUT2D eigenvalue weighted by Gasteiger charge is -2.04. The van der Waals surface area contributed by atoms with Gasteiger partial charge >= 0.3 is 5.97 Å². The van der Waals surface area contributed by atoms with Crippen LogP contribution in [0.25, 0.3) is 0 Å². The van der Waals surface area contributed by atoms with Crippen LogP contribution in [0.1, 0.15) is 16.2 Å². The van der Waals surface area contributed by atoms with Gasteiger partial charge in [-0.3, -0.25) is 0 Å². The van der Waals surface area contributed by atoms with Gasteiger partial charge < -0.3 is 14.4 Å². The molecule has 0 fully saturated rings. The number of aromatic nitrogens is 1. The van der Waals surface area contributed by atoms with E-state index in [2.05, 4.69) is 9.68 Å². The van der Waals surface area contributed by atoms with Gasteiger partial charge in [-0.05, 0) is 12.1 Å². The average Bonchev–Trinajstić information content (AvgIpc) is 2.76. The summed E-state index contributed by atoms with van der Waals surface area (Å²) in [4.78, 5) is 10.5. The lowest BCUT2D eigenvalue weighted by atomic mass is 10.3. The summed E-state index contributed by atoms with van der Waals surface area (Å²) in [7, 11) is 0. The zero-order valence-electron chi connectivity index (χ0n) is 8.89. The maximum Gasteiger partial charge on any atom is 0.358 e. The molecule has 1 N–H and O–H groups in total. The third kappa shape index (κ3) is 2.62. The Labute approximate surface area is 99.6 Å². The third-order valence-corrected chi connectivity index (χ3v) is 2.04. The zero-order valence-corrected chi connectivity index (χ0v) is 8.89. The van der Waals surface area contributed by atoms with Crippen molar-refractivity contribution in [1.29, 1.82) is 0 Å². The molecule has 18 heavy (non-hydrogen) atoms. The topological polar surface area (TPSA) is 72.6 Å². The summed E-state index contributed by atoms with van der Waals surface area (Å²) in [5.41, 5.74) is -0.270. The molecule has 0 spiro atoms. The Morgan fingerprint density at radius 1 is 1.39 bits per heavy atom. The minimum atomic E-state index is -1.24. The minimum absolute atomic E-state index is 0.121. The van der Waals surface area contributed by atoms with E-state index in [4.69, 9.17) is 9.84 Å². The lowest BCUT2D eigenvalue weighted by Crippen LogP contribution is -1.97. The van der Waals surface area contributed by atoms with Gasteiger partial charge in [0.25, 0.3) is 0 Å². The number of carboxylic acid groups (broad SMARTS) is 1. The molecule has 0 saturated carbocycles. The van der Waals surface area contributed by atoms with Gasteiger partial charge in [0.05, 0.1) is 0 Å². The summed E-state index contributed by atoms with van der Waals surface area (Å²) in [6.45, 7) is -0.206. The maximum absolute atomic E-state index is 13.2. The molecule has 1 aromatic heterocycles. The Morgan fingerprint density at radius 3 is 2.78 bits per heavy atom. The molecule has 0 atom stereocenters. The number of halogens is 2. The SMILES string of the molecule is O=C(O)c1cc(COc2ccc(F)cc2F)on1. The number of carbonyl (C=O) groups is 1. The molecule has 5 nitrogen and oxygen atoms in total. The molecule has 0 radical (unpaired) electrons. The zero-order chi connectivity index (χ0) is 13.1. The quantitative estimate of drug-likeness (QED) is 0.906. The lowest BCUT2D eigenvalue weighted by molar-refractivity contribution is 0.0685. The van der Waals surface area contributed by atoms with Crippen LogP contribution < -0.4 is 4.74 Å². The fourth-order valence-corrected chi connectivity index (χ4v) is 1.22. The van der Waals surface area contributed by atoms with Crippen molar-refractivity contribution >= 4 is 5.97 Å². The molecule has 0 saturated heterocycles. The number of aromatic carboxylic acids is 1. The minimum Gasteiger partial charge on any atom is -0.482 e. The predicted molar refractivity (Wildman–Crippen MR) is 54.2 cm³/mol. The van der Waals surface area contributed by atoms with E-state index in [0.717, 1.165) is 18.2 Å². The maximum atomic E-state index is 13.2. The number of ether oxygens (including phenoxy) is 1. The second-order valence-electron chi connectivity index (χ2n) is 3.35. The average molecular weight is 255 g/mol. The first-order valence-corrected chi connectivity index (χ1v) is 4.83. The number of hydrogen-bond acceptors (Lipinski definition) is 4. The molecule has 0 bridgehead atoms. The van der Waals surface area contributed by atoms with Crippen molar-refractivity contribution in [1.82, 2.24) is 5.16 Å². The van der Waals surface area contributed by atoms with E-state index >= 15 is 0 Å². The van der Waals surface area contributed by atoms with Crippen LogP contribution in [0.3, 0.4) is 0 Å². The standard InChI is InChI=1S/C11H7F2NO4/c12-6-1-2-10(8(13)3-6)17-5-7-4-9(11(15)16)14-18-7/h1-4H,5H2,(H,15,16). The summed E-state index contributed by atoms with van der Waals surface area (Å²) < 4.78 is 35.5. The van der Waals surface area contributed by atoms with E-state index in [0.29, 0.717) is 6.07 Å². The molecule has 0 aliphatic rings. The molecule has 0 unspecified atom stereocenters. The summed E-state index contributed by atoms with van der Waals surface area (Å²) in [5.74, 6) is -2.85. The van der Waals surface area contributed by atoms with Gasteiger partial charge in [0.15, 0.2) is 23.0 Å². The van der Waals surface area contributed by atoms with E-state index in [1.165, 1.54) is 0 Å². The molecular weight excluding hydrogens is 248 g/mol. The Hall–Kier alpha value is -2.44. The molecule has 7 heteroatoms. The fourth-order valence-electron chi connectivity index (χ4n) is 1.22. The molecule has 1 aromatic carbocycles. The smallest absolute Gasteiger partial charge is 0.358 e. The highest BCUT2D eigenvalue weighted by atomic mass is 19.1. The van der Waals surface area contributed by atoms with Gasteiger partial charge in [0.2, 0.25) is 0 Å². The molecular formula is C11H7F2NO4. The summed E-state index contributed by atoms with van der Waals surface area (Å²) in [5, 5.41) is 11.8. The summed E-state index contributed by atoms with van der Waals surface area (Å²) in [6.07, 6.45) is 0. The first-order valence-electron chi connectivity index (χ1n) is 4.83. The summed E-state index contributed by atoms with van der Waals surface area (Å²) in [6, 6.07) is 4.00. The molecule has 0 aliphatic heterocycles. The highest BCUT2D eigenvalue weighted by molar-refractivity contribution is 5.85. The van der Waals surface area contributed by atoms with Crippen LogP contribution in [-0.2, 0) is 6.61 Å². The molecule has 2 rings (SSSR count). The van der Waals surface area contributed by atoms with Crippen LogP contribution in [-0.4, -0.2) is 16.2 Å². The summed E-state index contributed by atoms with van der Waals surface area (Å²) >= 11 is 0. The first-order chi connectivity index (χ1) is 8.56. The Kier molecular flexibility index (Phi) is 3.22. The Morgan fingerprint density at radius 2 is 2.17 bits per heavy atom. The van der Waals surface area contributed by atoms with Crippen LogP contribution in [0.2, 0.25) is 0 Å². The van der Waals surface area contributed by atoms with Crippen LogP contribution >= 0.6 is 0 Å². The van der Waals surface area contributed by atoms with E-state index in [1.807, 2.05) is 0 Å². The first kappa shape index (κ1) is 12.0. The Bertz CT molecular complexity index is 582. The number of benzene rings is 1. The second-order valence-corrected chi connectivity index (χ2v) is 3.35. The molecule has 1 heterocycles. The van der Waals surface area contributed by atoms with Crippen molar-refractivity contribution in [2.45, 2.75) is 6.61 Å². The van der Waals surface area contributed by atoms with E-state index in [-0.39, 0.29) is 23.8 Å². The van der Waals surface area contributed by atoms with Crippen molar-refractivity contribution < 1.29 is 27.9 Å². The monoisotopic (exact) mass is 255 g/mol. The number of nitrogens with zero attached hydrogens (tertiary/aromatic N) is 1. The third-order valence-electron chi connectivity index (χ3n) is 2.04. The van der Waals surface area contributed by atoms with Gasteiger partial charge in [-0.15, -0.1) is 0 Å².